The molecule has 136 valence electrons. The predicted molar refractivity (Wildman–Crippen MR) is 112 cm³/mol. The molecule has 0 N–H and O–H groups in total. The van der Waals surface area contributed by atoms with Crippen molar-refractivity contribution in [3.8, 4) is 5.75 Å². The van der Waals surface area contributed by atoms with E-state index in [0.29, 0.717) is 12.0 Å². The van der Waals surface area contributed by atoms with Crippen molar-refractivity contribution in [2.45, 2.75) is 23.8 Å². The monoisotopic (exact) mass is 396 g/mol. The van der Waals surface area contributed by atoms with Crippen LogP contribution >= 0.6 is 23.2 Å². The molecule has 0 spiro atoms. The molecule has 2 nitrogen and oxygen atoms in total. The van der Waals surface area contributed by atoms with Gasteiger partial charge in [0.15, 0.2) is 5.78 Å². The van der Waals surface area contributed by atoms with Gasteiger partial charge in [-0.1, -0.05) is 77.8 Å². The number of alkyl halides is 2. The summed E-state index contributed by atoms with van der Waals surface area (Å²) in [4.78, 5) is 12.0. The van der Waals surface area contributed by atoms with Gasteiger partial charge in [0.1, 0.15) is 5.75 Å². The second kappa shape index (κ2) is 7.03. The molecule has 0 amide bonds. The molecule has 4 heteroatoms. The van der Waals surface area contributed by atoms with Crippen LogP contribution in [0.3, 0.4) is 0 Å². The summed E-state index contributed by atoms with van der Waals surface area (Å²) in [6, 6.07) is 20.1. The number of carbonyl (C=O) groups is 1. The molecule has 3 aromatic rings. The van der Waals surface area contributed by atoms with Crippen molar-refractivity contribution in [1.82, 2.24) is 0 Å². The number of hydrogen-bond donors (Lipinski definition) is 0. The highest BCUT2D eigenvalue weighted by Gasteiger charge is 2.38. The first-order valence-electron chi connectivity index (χ1n) is 8.83. The van der Waals surface area contributed by atoms with Gasteiger partial charge in [0.05, 0.1) is 6.10 Å². The summed E-state index contributed by atoms with van der Waals surface area (Å²) in [7, 11) is 0. The molecule has 4 rings (SSSR count). The van der Waals surface area contributed by atoms with Crippen molar-refractivity contribution in [3.63, 3.8) is 0 Å². The number of ether oxygens (including phenoxy) is 1. The quantitative estimate of drug-likeness (QED) is 0.499. The standard InChI is InChI=1S/C23H18Cl2O2/c1-15(27-20-10-8-17-4-2-3-5-19(17)14-20)12-16-6-7-18-9-11-22(26)23(24,25)21(18)13-16/h2-11,13-15H,12H2,1H3. The Hall–Kier alpha value is -2.29. The first kappa shape index (κ1) is 18.1. The van der Waals surface area contributed by atoms with Crippen molar-refractivity contribution in [2.75, 3.05) is 0 Å². The lowest BCUT2D eigenvalue weighted by atomic mass is 9.92. The van der Waals surface area contributed by atoms with Crippen molar-refractivity contribution >= 4 is 45.8 Å². The predicted octanol–water partition coefficient (Wildman–Crippen LogP) is 6.08. The molecule has 0 saturated carbocycles. The summed E-state index contributed by atoms with van der Waals surface area (Å²) in [5.41, 5.74) is 2.52. The number of fused-ring (bicyclic) bond motifs is 2. The summed E-state index contributed by atoms with van der Waals surface area (Å²) >= 11 is 12.6. The lowest BCUT2D eigenvalue weighted by Crippen LogP contribution is -2.25. The highest BCUT2D eigenvalue weighted by atomic mass is 35.5. The van der Waals surface area contributed by atoms with Crippen LogP contribution in [0.25, 0.3) is 16.8 Å². The molecule has 3 aromatic carbocycles. The van der Waals surface area contributed by atoms with Crippen LogP contribution in [0.5, 0.6) is 5.75 Å². The first-order valence-corrected chi connectivity index (χ1v) is 9.58. The zero-order chi connectivity index (χ0) is 19.0. The van der Waals surface area contributed by atoms with Gasteiger partial charge in [0.25, 0.3) is 0 Å². The van der Waals surface area contributed by atoms with Gasteiger partial charge in [-0.2, -0.15) is 0 Å². The van der Waals surface area contributed by atoms with Gasteiger partial charge in [-0.25, -0.2) is 0 Å². The van der Waals surface area contributed by atoms with Gasteiger partial charge in [0, 0.05) is 12.0 Å². The zero-order valence-corrected chi connectivity index (χ0v) is 16.3. The summed E-state index contributed by atoms with van der Waals surface area (Å²) < 4.78 is 4.57. The zero-order valence-electron chi connectivity index (χ0n) is 14.8. The molecule has 1 atom stereocenters. The van der Waals surface area contributed by atoms with Crippen LogP contribution < -0.4 is 4.74 Å². The molecule has 0 heterocycles. The van der Waals surface area contributed by atoms with Crippen molar-refractivity contribution in [3.05, 3.63) is 83.4 Å². The van der Waals surface area contributed by atoms with Crippen LogP contribution in [-0.4, -0.2) is 11.9 Å². The van der Waals surface area contributed by atoms with Crippen LogP contribution in [0, 0.1) is 0 Å². The molecule has 0 aromatic heterocycles. The number of hydrogen-bond acceptors (Lipinski definition) is 2. The van der Waals surface area contributed by atoms with E-state index < -0.39 is 4.33 Å². The number of allylic oxidation sites excluding steroid dienone is 1. The van der Waals surface area contributed by atoms with Gasteiger partial charge in [-0.15, -0.1) is 0 Å². The molecule has 1 unspecified atom stereocenters. The molecule has 1 aliphatic carbocycles. The second-order valence-electron chi connectivity index (χ2n) is 6.84. The maximum Gasteiger partial charge on any atom is 0.205 e. The van der Waals surface area contributed by atoms with Crippen LogP contribution in [0.1, 0.15) is 23.6 Å². The number of ketones is 1. The Balaban J connectivity index is 1.53. The average molecular weight is 397 g/mol. The van der Waals surface area contributed by atoms with Crippen LogP contribution in [0.15, 0.2) is 66.7 Å². The van der Waals surface area contributed by atoms with Gasteiger partial charge in [-0.05, 0) is 47.0 Å². The molecular weight excluding hydrogens is 379 g/mol. The normalized spacial score (nSPS) is 16.2. The first-order chi connectivity index (χ1) is 12.9. The van der Waals surface area contributed by atoms with E-state index in [4.69, 9.17) is 27.9 Å². The third kappa shape index (κ3) is 3.60. The summed E-state index contributed by atoms with van der Waals surface area (Å²) in [6.45, 7) is 2.02. The van der Waals surface area contributed by atoms with Crippen molar-refractivity contribution < 1.29 is 9.53 Å². The molecule has 0 aliphatic heterocycles. The fourth-order valence-corrected chi connectivity index (χ4v) is 3.85. The summed E-state index contributed by atoms with van der Waals surface area (Å²) in [5.74, 6) is 0.525. The van der Waals surface area contributed by atoms with E-state index in [9.17, 15) is 4.79 Å². The third-order valence-corrected chi connectivity index (χ3v) is 5.54. The Bertz CT molecular complexity index is 1050. The van der Waals surface area contributed by atoms with Crippen LogP contribution in [0.4, 0.5) is 0 Å². The molecule has 0 bridgehead atoms. The number of carbonyl (C=O) groups excluding carboxylic acids is 1. The minimum absolute atomic E-state index is 0.0425. The van der Waals surface area contributed by atoms with E-state index in [2.05, 4.69) is 18.2 Å². The van der Waals surface area contributed by atoms with Crippen molar-refractivity contribution in [1.29, 1.82) is 0 Å². The lowest BCUT2D eigenvalue weighted by molar-refractivity contribution is -0.115. The molecule has 0 radical (unpaired) electrons. The Morgan fingerprint density at radius 1 is 0.963 bits per heavy atom. The second-order valence-corrected chi connectivity index (χ2v) is 8.16. The average Bonchev–Trinajstić information content (AvgIpc) is 2.65. The number of halogens is 2. The Morgan fingerprint density at radius 3 is 2.56 bits per heavy atom. The van der Waals surface area contributed by atoms with Crippen LogP contribution in [-0.2, 0) is 15.5 Å². The third-order valence-electron chi connectivity index (χ3n) is 4.76. The molecule has 0 fully saturated rings. The molecule has 0 saturated heterocycles. The van der Waals surface area contributed by atoms with E-state index in [1.165, 1.54) is 11.5 Å². The van der Waals surface area contributed by atoms with Gasteiger partial charge >= 0.3 is 0 Å². The van der Waals surface area contributed by atoms with E-state index >= 15 is 0 Å². The Labute approximate surface area is 168 Å². The molecule has 27 heavy (non-hydrogen) atoms. The number of rotatable bonds is 4. The minimum atomic E-state index is -1.53. The summed E-state index contributed by atoms with van der Waals surface area (Å²) in [5, 5.41) is 2.33. The highest BCUT2D eigenvalue weighted by molar-refractivity contribution is 6.59. The Kier molecular flexibility index (Phi) is 4.71. The smallest absolute Gasteiger partial charge is 0.205 e. The SMILES string of the molecule is CC(Cc1ccc2c(c1)C(Cl)(Cl)C(=O)C=C2)Oc1ccc2ccccc2c1. The van der Waals surface area contributed by atoms with Crippen molar-refractivity contribution in [2.24, 2.45) is 0 Å². The maximum atomic E-state index is 12.0. The molecule has 1 aliphatic rings. The fourth-order valence-electron chi connectivity index (χ4n) is 3.40. The molecular formula is C23H18Cl2O2. The van der Waals surface area contributed by atoms with Gasteiger partial charge in [-0.3, -0.25) is 4.79 Å². The topological polar surface area (TPSA) is 26.3 Å². The number of benzene rings is 3. The summed E-state index contributed by atoms with van der Waals surface area (Å²) in [6.07, 6.45) is 3.81. The lowest BCUT2D eigenvalue weighted by Gasteiger charge is -2.24. The maximum absolute atomic E-state index is 12.0. The minimum Gasteiger partial charge on any atom is -0.490 e. The van der Waals surface area contributed by atoms with E-state index in [1.54, 1.807) is 6.08 Å². The van der Waals surface area contributed by atoms with E-state index in [0.717, 1.165) is 22.3 Å². The van der Waals surface area contributed by atoms with Gasteiger partial charge in [0.2, 0.25) is 4.33 Å². The van der Waals surface area contributed by atoms with E-state index in [-0.39, 0.29) is 11.9 Å². The Morgan fingerprint density at radius 2 is 1.74 bits per heavy atom. The van der Waals surface area contributed by atoms with E-state index in [1.807, 2.05) is 49.4 Å². The largest absolute Gasteiger partial charge is 0.490 e. The fraction of sp³-hybridized carbons (Fsp3) is 0.174. The van der Waals surface area contributed by atoms with Crippen LogP contribution in [0.2, 0.25) is 0 Å². The highest BCUT2D eigenvalue weighted by Crippen LogP contribution is 2.41. The van der Waals surface area contributed by atoms with Gasteiger partial charge < -0.3 is 4.74 Å².